The van der Waals surface area contributed by atoms with Crippen LogP contribution in [0.5, 0.6) is 5.75 Å². The molecule has 3 N–H and O–H groups in total. The van der Waals surface area contributed by atoms with Crippen molar-refractivity contribution >= 4 is 18.3 Å². The van der Waals surface area contributed by atoms with Gasteiger partial charge in [0.05, 0.1) is 0 Å². The molecule has 0 heterocycles. The lowest BCUT2D eigenvalue weighted by atomic mass is 10.3. The zero-order valence-electron chi connectivity index (χ0n) is 4.70. The Morgan fingerprint density at radius 1 is 1.44 bits per heavy atom. The number of benzene rings is 1. The Kier molecular flexibility index (Phi) is 1.53. The highest BCUT2D eigenvalue weighted by molar-refractivity contribution is 7.80. The summed E-state index contributed by atoms with van der Waals surface area (Å²) in [6.45, 7) is 0. The van der Waals surface area contributed by atoms with Gasteiger partial charge in [0.2, 0.25) is 0 Å². The van der Waals surface area contributed by atoms with Crippen LogP contribution in [0.15, 0.2) is 23.1 Å². The minimum atomic E-state index is 0.160. The van der Waals surface area contributed by atoms with E-state index in [0.29, 0.717) is 10.6 Å². The van der Waals surface area contributed by atoms with Crippen LogP contribution in [0.3, 0.4) is 0 Å². The van der Waals surface area contributed by atoms with Crippen molar-refractivity contribution in [1.29, 1.82) is 0 Å². The Balaban J connectivity index is 3.17. The molecule has 0 bridgehead atoms. The van der Waals surface area contributed by atoms with Gasteiger partial charge < -0.3 is 10.8 Å². The topological polar surface area (TPSA) is 46.2 Å². The second kappa shape index (κ2) is 2.19. The van der Waals surface area contributed by atoms with Crippen LogP contribution in [0, 0.1) is 0 Å². The highest BCUT2D eigenvalue weighted by Gasteiger charge is 1.93. The molecule has 0 aliphatic heterocycles. The van der Waals surface area contributed by atoms with Crippen LogP contribution in [0.1, 0.15) is 0 Å². The predicted octanol–water partition coefficient (Wildman–Crippen LogP) is 1.26. The number of aromatic hydroxyl groups is 1. The molecule has 1 aromatic rings. The minimum Gasteiger partial charge on any atom is -0.507 e. The van der Waals surface area contributed by atoms with Gasteiger partial charge in [0.1, 0.15) is 5.75 Å². The quantitative estimate of drug-likeness (QED) is 0.289. The highest BCUT2D eigenvalue weighted by atomic mass is 32.1. The fraction of sp³-hybridized carbons (Fsp3) is 0. The van der Waals surface area contributed by atoms with E-state index in [0.717, 1.165) is 0 Å². The number of thiol groups is 1. The summed E-state index contributed by atoms with van der Waals surface area (Å²) in [5.74, 6) is 0.160. The second-order valence-corrected chi connectivity index (χ2v) is 2.23. The summed E-state index contributed by atoms with van der Waals surface area (Å²) in [6.07, 6.45) is 0. The third-order valence-corrected chi connectivity index (χ3v) is 1.36. The summed E-state index contributed by atoms with van der Waals surface area (Å²) in [6, 6.07) is 4.73. The average Bonchev–Trinajstić information content (AvgIpc) is 1.80. The molecule has 2 nitrogen and oxygen atoms in total. The normalized spacial score (nSPS) is 9.44. The molecule has 48 valence electrons. The molecule has 1 rings (SSSR count). The Hall–Kier alpha value is -0.830. The zero-order valence-corrected chi connectivity index (χ0v) is 5.60. The Morgan fingerprint density at radius 3 is 2.56 bits per heavy atom. The molecule has 0 amide bonds. The summed E-state index contributed by atoms with van der Waals surface area (Å²) in [7, 11) is 0. The number of phenolic OH excluding ortho intramolecular Hbond substituents is 1. The van der Waals surface area contributed by atoms with Gasteiger partial charge in [-0.05, 0) is 18.2 Å². The lowest BCUT2D eigenvalue weighted by Gasteiger charge is -1.96. The zero-order chi connectivity index (χ0) is 6.85. The number of nitrogens with two attached hydrogens (primary N) is 1. The van der Waals surface area contributed by atoms with Crippen molar-refractivity contribution < 1.29 is 5.11 Å². The van der Waals surface area contributed by atoms with Gasteiger partial charge in [-0.2, -0.15) is 0 Å². The predicted molar refractivity (Wildman–Crippen MR) is 39.8 cm³/mol. The Morgan fingerprint density at radius 2 is 2.11 bits per heavy atom. The summed E-state index contributed by atoms with van der Waals surface area (Å²) < 4.78 is 0. The lowest BCUT2D eigenvalue weighted by molar-refractivity contribution is 0.463. The molecule has 0 radical (unpaired) electrons. The standard InChI is InChI=1S/C6H7NOS/c7-4-1-2-5(8)6(9)3-4/h1-3,8-9H,7H2. The largest absolute Gasteiger partial charge is 0.507 e. The van der Waals surface area contributed by atoms with E-state index < -0.39 is 0 Å². The molecule has 0 atom stereocenters. The van der Waals surface area contributed by atoms with Gasteiger partial charge in [-0.15, -0.1) is 12.6 Å². The SMILES string of the molecule is Nc1ccc(O)c(S)c1. The number of anilines is 1. The third-order valence-electron chi connectivity index (χ3n) is 0.999. The molecular formula is C6H7NOS. The molecule has 0 spiro atoms. The summed E-state index contributed by atoms with van der Waals surface area (Å²) in [5, 5.41) is 8.91. The van der Waals surface area contributed by atoms with E-state index in [1.165, 1.54) is 6.07 Å². The number of hydrogen-bond donors (Lipinski definition) is 3. The van der Waals surface area contributed by atoms with Crippen molar-refractivity contribution in [2.45, 2.75) is 4.90 Å². The van der Waals surface area contributed by atoms with E-state index in [2.05, 4.69) is 12.6 Å². The van der Waals surface area contributed by atoms with Crippen LogP contribution in [-0.4, -0.2) is 5.11 Å². The molecule has 0 aliphatic rings. The van der Waals surface area contributed by atoms with E-state index in [9.17, 15) is 0 Å². The van der Waals surface area contributed by atoms with Crippen molar-refractivity contribution in [3.8, 4) is 5.75 Å². The summed E-state index contributed by atoms with van der Waals surface area (Å²) >= 11 is 3.94. The number of hydrogen-bond acceptors (Lipinski definition) is 3. The smallest absolute Gasteiger partial charge is 0.129 e. The first kappa shape index (κ1) is 6.29. The number of nitrogen functional groups attached to an aromatic ring is 1. The molecule has 0 saturated carbocycles. The third kappa shape index (κ3) is 1.29. The van der Waals surface area contributed by atoms with Gasteiger partial charge in [-0.1, -0.05) is 0 Å². The van der Waals surface area contributed by atoms with E-state index in [1.54, 1.807) is 12.1 Å². The molecule has 3 heteroatoms. The molecule has 0 aromatic heterocycles. The van der Waals surface area contributed by atoms with Crippen LogP contribution >= 0.6 is 12.6 Å². The van der Waals surface area contributed by atoms with Crippen molar-refractivity contribution in [3.63, 3.8) is 0 Å². The molecule has 1 aromatic carbocycles. The maximum absolute atomic E-state index is 8.91. The fourth-order valence-electron chi connectivity index (χ4n) is 0.540. The van der Waals surface area contributed by atoms with Gasteiger partial charge in [0, 0.05) is 10.6 Å². The molecule has 0 saturated heterocycles. The van der Waals surface area contributed by atoms with Gasteiger partial charge in [0.25, 0.3) is 0 Å². The monoisotopic (exact) mass is 141 g/mol. The average molecular weight is 141 g/mol. The first-order chi connectivity index (χ1) is 4.20. The Labute approximate surface area is 58.7 Å². The van der Waals surface area contributed by atoms with Crippen LogP contribution < -0.4 is 5.73 Å². The fourth-order valence-corrected chi connectivity index (χ4v) is 0.764. The molecule has 9 heavy (non-hydrogen) atoms. The Bertz CT molecular complexity index is 224. The molecule has 0 fully saturated rings. The molecule has 0 unspecified atom stereocenters. The van der Waals surface area contributed by atoms with E-state index in [-0.39, 0.29) is 5.75 Å². The van der Waals surface area contributed by atoms with E-state index in [4.69, 9.17) is 10.8 Å². The second-order valence-electron chi connectivity index (χ2n) is 1.75. The van der Waals surface area contributed by atoms with Crippen molar-refractivity contribution in [2.75, 3.05) is 5.73 Å². The van der Waals surface area contributed by atoms with Crippen LogP contribution in [0.25, 0.3) is 0 Å². The minimum absolute atomic E-state index is 0.160. The first-order valence-corrected chi connectivity index (χ1v) is 2.92. The van der Waals surface area contributed by atoms with Crippen molar-refractivity contribution in [3.05, 3.63) is 18.2 Å². The van der Waals surface area contributed by atoms with Gasteiger partial charge in [-0.3, -0.25) is 0 Å². The van der Waals surface area contributed by atoms with Crippen LogP contribution in [-0.2, 0) is 0 Å². The van der Waals surface area contributed by atoms with E-state index in [1.807, 2.05) is 0 Å². The van der Waals surface area contributed by atoms with E-state index >= 15 is 0 Å². The summed E-state index contributed by atoms with van der Waals surface area (Å²) in [4.78, 5) is 0.509. The maximum Gasteiger partial charge on any atom is 0.129 e. The van der Waals surface area contributed by atoms with Crippen molar-refractivity contribution in [2.24, 2.45) is 0 Å². The maximum atomic E-state index is 8.91. The first-order valence-electron chi connectivity index (χ1n) is 2.47. The van der Waals surface area contributed by atoms with Crippen molar-refractivity contribution in [1.82, 2.24) is 0 Å². The number of phenols is 1. The number of rotatable bonds is 0. The lowest BCUT2D eigenvalue weighted by Crippen LogP contribution is -1.82. The van der Waals surface area contributed by atoms with Gasteiger partial charge in [0.15, 0.2) is 0 Å². The summed E-state index contributed by atoms with van der Waals surface area (Å²) in [5.41, 5.74) is 5.98. The van der Waals surface area contributed by atoms with Gasteiger partial charge >= 0.3 is 0 Å². The molecular weight excluding hydrogens is 134 g/mol. The highest BCUT2D eigenvalue weighted by Crippen LogP contribution is 2.22. The van der Waals surface area contributed by atoms with Crippen LogP contribution in [0.2, 0.25) is 0 Å². The van der Waals surface area contributed by atoms with Gasteiger partial charge in [-0.25, -0.2) is 0 Å². The molecule has 0 aliphatic carbocycles. The van der Waals surface area contributed by atoms with Crippen LogP contribution in [0.4, 0.5) is 5.69 Å².